The minimum Gasteiger partial charge on any atom is -0.368 e. The molecule has 2 aromatic heterocycles. The molecule has 8 nitrogen and oxygen atoms in total. The first kappa shape index (κ1) is 23.8. The Morgan fingerprint density at radius 1 is 1.00 bits per heavy atom. The molecule has 10 heteroatoms. The van der Waals surface area contributed by atoms with Gasteiger partial charge in [0.1, 0.15) is 16.9 Å². The number of anilines is 1. The van der Waals surface area contributed by atoms with E-state index in [9.17, 15) is 9.18 Å². The number of nitrogens with two attached hydrogens (primary N) is 1. The van der Waals surface area contributed by atoms with Gasteiger partial charge >= 0.3 is 0 Å². The van der Waals surface area contributed by atoms with Crippen LogP contribution < -0.4 is 10.6 Å². The molecule has 0 bridgehead atoms. The van der Waals surface area contributed by atoms with Crippen LogP contribution in [0.25, 0.3) is 27.8 Å². The van der Waals surface area contributed by atoms with Crippen LogP contribution >= 0.6 is 11.6 Å². The van der Waals surface area contributed by atoms with E-state index in [1.54, 1.807) is 23.0 Å². The molecular weight excluding hydrogens is 493 g/mol. The fourth-order valence-electron chi connectivity index (χ4n) is 5.75. The van der Waals surface area contributed by atoms with Gasteiger partial charge in [-0.15, -0.1) is 5.10 Å². The fraction of sp³-hybridized carbons (Fsp3) is 0.333. The Bertz CT molecular complexity index is 1460. The molecule has 0 saturated carbocycles. The lowest BCUT2D eigenvalue weighted by molar-refractivity contribution is -0.131. The number of fused-ring (bicyclic) bond motifs is 1. The third-order valence-electron chi connectivity index (χ3n) is 7.73. The van der Waals surface area contributed by atoms with Crippen LogP contribution in [0.4, 0.5) is 10.2 Å². The first-order valence-electron chi connectivity index (χ1n) is 12.5. The van der Waals surface area contributed by atoms with Crippen molar-refractivity contribution in [3.8, 4) is 16.9 Å². The highest BCUT2D eigenvalue weighted by Crippen LogP contribution is 2.38. The quantitative estimate of drug-likeness (QED) is 0.425. The molecule has 0 spiro atoms. The van der Waals surface area contributed by atoms with Crippen molar-refractivity contribution in [2.75, 3.05) is 31.1 Å². The maximum atomic E-state index is 13.8. The predicted octanol–water partition coefficient (Wildman–Crippen LogP) is 4.20. The smallest absolute Gasteiger partial charge is 0.238 e. The molecule has 2 aromatic carbocycles. The Morgan fingerprint density at radius 3 is 2.38 bits per heavy atom. The monoisotopic (exact) mass is 519 g/mol. The van der Waals surface area contributed by atoms with Crippen molar-refractivity contribution in [2.45, 2.75) is 31.2 Å². The molecule has 37 heavy (non-hydrogen) atoms. The van der Waals surface area contributed by atoms with E-state index < -0.39 is 5.54 Å². The summed E-state index contributed by atoms with van der Waals surface area (Å²) in [4.78, 5) is 17.0. The van der Waals surface area contributed by atoms with Crippen LogP contribution in [-0.2, 0) is 4.79 Å². The largest absolute Gasteiger partial charge is 0.368 e. The highest BCUT2D eigenvalue weighted by Gasteiger charge is 2.46. The second kappa shape index (κ2) is 9.39. The number of benzene rings is 2. The van der Waals surface area contributed by atoms with E-state index in [-0.39, 0.29) is 11.7 Å². The van der Waals surface area contributed by atoms with Gasteiger partial charge in [-0.2, -0.15) is 10.2 Å². The van der Waals surface area contributed by atoms with Gasteiger partial charge in [0.15, 0.2) is 5.82 Å². The Labute approximate surface area is 218 Å². The Balaban J connectivity index is 1.44. The second-order valence-corrected chi connectivity index (χ2v) is 10.1. The number of rotatable bonds is 5. The topological polar surface area (TPSA) is 93.2 Å². The van der Waals surface area contributed by atoms with Gasteiger partial charge in [-0.1, -0.05) is 23.7 Å². The summed E-state index contributed by atoms with van der Waals surface area (Å²) in [7, 11) is 0. The lowest BCUT2D eigenvalue weighted by Crippen LogP contribution is -2.61. The van der Waals surface area contributed by atoms with E-state index in [0.29, 0.717) is 48.0 Å². The highest BCUT2D eigenvalue weighted by atomic mass is 35.5. The van der Waals surface area contributed by atoms with Gasteiger partial charge in [-0.25, -0.2) is 9.07 Å². The number of aromatic nitrogens is 4. The van der Waals surface area contributed by atoms with Crippen molar-refractivity contribution in [2.24, 2.45) is 5.73 Å². The van der Waals surface area contributed by atoms with Crippen LogP contribution in [0.3, 0.4) is 0 Å². The molecule has 0 unspecified atom stereocenters. The minimum absolute atomic E-state index is 0.250. The Hall–Kier alpha value is -3.56. The van der Waals surface area contributed by atoms with Crippen LogP contribution in [0.15, 0.2) is 54.7 Å². The van der Waals surface area contributed by atoms with E-state index in [1.165, 1.54) is 12.1 Å². The molecule has 0 radical (unpaired) electrons. The van der Waals surface area contributed by atoms with Gasteiger partial charge in [-0.3, -0.25) is 9.69 Å². The van der Waals surface area contributed by atoms with Gasteiger partial charge in [0, 0.05) is 18.7 Å². The van der Waals surface area contributed by atoms with Gasteiger partial charge in [0.25, 0.3) is 0 Å². The fourth-order valence-corrected chi connectivity index (χ4v) is 5.97. The van der Waals surface area contributed by atoms with Crippen molar-refractivity contribution >= 4 is 34.2 Å². The molecule has 4 aromatic rings. The van der Waals surface area contributed by atoms with E-state index in [2.05, 4.69) is 20.0 Å². The molecule has 2 fully saturated rings. The lowest BCUT2D eigenvalue weighted by Gasteiger charge is -2.45. The number of carbonyl (C=O) groups is 1. The van der Waals surface area contributed by atoms with Crippen molar-refractivity contribution < 1.29 is 9.18 Å². The van der Waals surface area contributed by atoms with Crippen LogP contribution in [-0.4, -0.2) is 62.5 Å². The standard InChI is InChI=1S/C27H27ClFN7O/c28-21-5-1-2-6-22(21)36-24(18-7-9-19(29)10-8-18)20-17-31-32-25(23(20)33-36)34-15-11-27(12-16-34,26(30)37)35-13-3-4-14-35/h1-2,5-10,17H,3-4,11-16H2,(H2,30,37). The molecule has 2 aliphatic heterocycles. The molecule has 1 amide bonds. The van der Waals surface area contributed by atoms with E-state index >= 15 is 0 Å². The summed E-state index contributed by atoms with van der Waals surface area (Å²) in [5.41, 5.74) is 8.23. The summed E-state index contributed by atoms with van der Waals surface area (Å²) in [6, 6.07) is 13.7. The zero-order valence-corrected chi connectivity index (χ0v) is 21.0. The number of para-hydroxylation sites is 1. The maximum Gasteiger partial charge on any atom is 0.238 e. The molecule has 2 aliphatic rings. The average Bonchev–Trinajstić information content (AvgIpc) is 3.58. The number of hydrogen-bond acceptors (Lipinski definition) is 6. The summed E-state index contributed by atoms with van der Waals surface area (Å²) in [5.74, 6) is 0.0766. The van der Waals surface area contributed by atoms with E-state index in [0.717, 1.165) is 42.6 Å². The number of amides is 1. The summed E-state index contributed by atoms with van der Waals surface area (Å²) in [5, 5.41) is 15.1. The number of piperidine rings is 1. The number of primary amides is 1. The molecule has 4 heterocycles. The summed E-state index contributed by atoms with van der Waals surface area (Å²) in [6.07, 6.45) is 5.11. The summed E-state index contributed by atoms with van der Waals surface area (Å²) >= 11 is 6.57. The molecular formula is C27H27ClFN7O. The van der Waals surface area contributed by atoms with E-state index in [1.807, 2.05) is 24.3 Å². The molecule has 2 N–H and O–H groups in total. The average molecular weight is 520 g/mol. The molecule has 6 rings (SSSR count). The zero-order valence-electron chi connectivity index (χ0n) is 20.3. The first-order valence-corrected chi connectivity index (χ1v) is 12.9. The first-order chi connectivity index (χ1) is 18.0. The van der Waals surface area contributed by atoms with Gasteiger partial charge in [0.2, 0.25) is 5.91 Å². The van der Waals surface area contributed by atoms with Crippen LogP contribution in [0.1, 0.15) is 25.7 Å². The van der Waals surface area contributed by atoms with Gasteiger partial charge in [-0.05, 0) is 75.2 Å². The van der Waals surface area contributed by atoms with Crippen LogP contribution in [0, 0.1) is 5.82 Å². The molecule has 0 aliphatic carbocycles. The third kappa shape index (κ3) is 4.02. The highest BCUT2D eigenvalue weighted by molar-refractivity contribution is 6.32. The molecule has 0 atom stereocenters. The van der Waals surface area contributed by atoms with Crippen molar-refractivity contribution in [3.05, 3.63) is 65.6 Å². The van der Waals surface area contributed by atoms with E-state index in [4.69, 9.17) is 22.4 Å². The SMILES string of the molecule is NC(=O)C1(N2CCCC2)CCN(c2nncc3c(-c4ccc(F)cc4)n(-c4ccccc4Cl)nc23)CC1. The number of hydrogen-bond donors (Lipinski definition) is 1. The maximum absolute atomic E-state index is 13.8. The zero-order chi connectivity index (χ0) is 25.6. The minimum atomic E-state index is -0.621. The summed E-state index contributed by atoms with van der Waals surface area (Å²) in [6.45, 7) is 3.03. The number of nitrogens with zero attached hydrogens (tertiary/aromatic N) is 6. The normalized spacial score (nSPS) is 17.9. The van der Waals surface area contributed by atoms with Crippen molar-refractivity contribution in [1.29, 1.82) is 0 Å². The van der Waals surface area contributed by atoms with Crippen molar-refractivity contribution in [3.63, 3.8) is 0 Å². The number of carbonyl (C=O) groups excluding carboxylic acids is 1. The van der Waals surface area contributed by atoms with Crippen molar-refractivity contribution in [1.82, 2.24) is 24.9 Å². The van der Waals surface area contributed by atoms with Crippen LogP contribution in [0.2, 0.25) is 5.02 Å². The molecule has 190 valence electrons. The Kier molecular flexibility index (Phi) is 6.04. The third-order valence-corrected chi connectivity index (χ3v) is 8.05. The van der Waals surface area contributed by atoms with Crippen LogP contribution in [0.5, 0.6) is 0 Å². The van der Waals surface area contributed by atoms with Gasteiger partial charge < -0.3 is 10.6 Å². The van der Waals surface area contributed by atoms with Gasteiger partial charge in [0.05, 0.1) is 28.0 Å². The Morgan fingerprint density at radius 2 is 1.70 bits per heavy atom. The predicted molar refractivity (Wildman–Crippen MR) is 141 cm³/mol. The molecule has 2 saturated heterocycles. The lowest BCUT2D eigenvalue weighted by atomic mass is 9.85. The number of halogens is 2. The number of likely N-dealkylation sites (tertiary alicyclic amines) is 1. The second-order valence-electron chi connectivity index (χ2n) is 9.73. The summed E-state index contributed by atoms with van der Waals surface area (Å²) < 4.78 is 15.5.